The first-order valence-electron chi connectivity index (χ1n) is 6.56. The van der Waals surface area contributed by atoms with E-state index < -0.39 is 0 Å². The second-order valence-corrected chi connectivity index (χ2v) is 5.17. The van der Waals surface area contributed by atoms with Crippen LogP contribution in [0.1, 0.15) is 12.8 Å². The molecule has 4 nitrogen and oxygen atoms in total. The summed E-state index contributed by atoms with van der Waals surface area (Å²) in [4.78, 5) is 5.09. The zero-order valence-corrected chi connectivity index (χ0v) is 10.7. The van der Waals surface area contributed by atoms with Gasteiger partial charge in [-0.05, 0) is 19.9 Å². The van der Waals surface area contributed by atoms with Crippen LogP contribution in [-0.2, 0) is 4.74 Å². The molecule has 0 amide bonds. The average Bonchev–Trinajstić information content (AvgIpc) is 2.26. The number of rotatable bonds is 5. The zero-order valence-electron chi connectivity index (χ0n) is 10.7. The molecule has 2 N–H and O–H groups in total. The minimum absolute atomic E-state index is 0.525. The summed E-state index contributed by atoms with van der Waals surface area (Å²) in [6, 6.07) is 0.765. The van der Waals surface area contributed by atoms with Crippen LogP contribution in [0.15, 0.2) is 0 Å². The Hall–Kier alpha value is -0.160. The summed E-state index contributed by atoms with van der Waals surface area (Å²) in [6.45, 7) is 7.52. The maximum atomic E-state index is 5.32. The van der Waals surface area contributed by atoms with E-state index in [-0.39, 0.29) is 0 Å². The van der Waals surface area contributed by atoms with E-state index in [1.54, 1.807) is 0 Å². The van der Waals surface area contributed by atoms with E-state index in [0.29, 0.717) is 6.10 Å². The third-order valence-electron chi connectivity index (χ3n) is 4.09. The SMILES string of the molecule is COC1CC(N(C)CCN2CC[NH2+]CC2)C1. The second-order valence-electron chi connectivity index (χ2n) is 5.17. The lowest BCUT2D eigenvalue weighted by Crippen LogP contribution is -2.89. The minimum Gasteiger partial charge on any atom is -0.381 e. The number of nitrogens with two attached hydrogens (primary N) is 1. The summed E-state index contributed by atoms with van der Waals surface area (Å²) < 4.78 is 5.32. The summed E-state index contributed by atoms with van der Waals surface area (Å²) >= 11 is 0. The van der Waals surface area contributed by atoms with Gasteiger partial charge < -0.3 is 15.0 Å². The van der Waals surface area contributed by atoms with Gasteiger partial charge in [-0.15, -0.1) is 0 Å². The molecule has 0 aromatic rings. The van der Waals surface area contributed by atoms with Crippen LogP contribution < -0.4 is 5.32 Å². The number of hydrogen-bond acceptors (Lipinski definition) is 3. The number of hydrogen-bond donors (Lipinski definition) is 1. The maximum absolute atomic E-state index is 5.32. The Morgan fingerprint density at radius 3 is 2.62 bits per heavy atom. The zero-order chi connectivity index (χ0) is 11.4. The van der Waals surface area contributed by atoms with Crippen molar-refractivity contribution in [1.82, 2.24) is 9.80 Å². The largest absolute Gasteiger partial charge is 0.381 e. The van der Waals surface area contributed by atoms with Gasteiger partial charge in [-0.25, -0.2) is 0 Å². The Labute approximate surface area is 98.9 Å². The van der Waals surface area contributed by atoms with Gasteiger partial charge in [0.15, 0.2) is 0 Å². The lowest BCUT2D eigenvalue weighted by Gasteiger charge is -2.41. The summed E-state index contributed by atoms with van der Waals surface area (Å²) in [7, 11) is 4.08. The van der Waals surface area contributed by atoms with Crippen molar-refractivity contribution < 1.29 is 10.1 Å². The normalized spacial score (nSPS) is 31.7. The number of likely N-dealkylation sites (N-methyl/N-ethyl adjacent to an activating group) is 1. The number of piperazine rings is 1. The molecule has 0 unspecified atom stereocenters. The number of ether oxygens (including phenoxy) is 1. The first-order chi connectivity index (χ1) is 7.79. The smallest absolute Gasteiger partial charge is 0.0885 e. The van der Waals surface area contributed by atoms with E-state index in [0.717, 1.165) is 6.04 Å². The number of nitrogens with zero attached hydrogens (tertiary/aromatic N) is 2. The van der Waals surface area contributed by atoms with Crippen molar-refractivity contribution >= 4 is 0 Å². The molecule has 1 saturated heterocycles. The van der Waals surface area contributed by atoms with Crippen LogP contribution in [-0.4, -0.2) is 75.4 Å². The Balaban J connectivity index is 1.58. The molecule has 1 heterocycles. The van der Waals surface area contributed by atoms with Crippen molar-refractivity contribution in [2.75, 3.05) is 53.4 Å². The highest BCUT2D eigenvalue weighted by molar-refractivity contribution is 4.86. The Bertz CT molecular complexity index is 200. The van der Waals surface area contributed by atoms with Gasteiger partial charge in [0.1, 0.15) is 0 Å². The van der Waals surface area contributed by atoms with E-state index in [2.05, 4.69) is 22.2 Å². The lowest BCUT2D eigenvalue weighted by atomic mass is 9.88. The molecular weight excluding hydrogens is 202 g/mol. The third-order valence-corrected chi connectivity index (χ3v) is 4.09. The molecule has 0 spiro atoms. The van der Waals surface area contributed by atoms with Crippen LogP contribution >= 0.6 is 0 Å². The quantitative estimate of drug-likeness (QED) is 0.653. The van der Waals surface area contributed by atoms with E-state index in [1.807, 2.05) is 7.11 Å². The van der Waals surface area contributed by atoms with Crippen LogP contribution in [0.5, 0.6) is 0 Å². The van der Waals surface area contributed by atoms with E-state index in [4.69, 9.17) is 4.74 Å². The van der Waals surface area contributed by atoms with Gasteiger partial charge in [0.2, 0.25) is 0 Å². The van der Waals surface area contributed by atoms with Crippen LogP contribution in [0.25, 0.3) is 0 Å². The van der Waals surface area contributed by atoms with Crippen molar-refractivity contribution in [2.45, 2.75) is 25.0 Å². The van der Waals surface area contributed by atoms with Crippen molar-refractivity contribution in [3.8, 4) is 0 Å². The van der Waals surface area contributed by atoms with Gasteiger partial charge in [0.25, 0.3) is 0 Å². The molecule has 4 heteroatoms. The van der Waals surface area contributed by atoms with Crippen molar-refractivity contribution in [3.63, 3.8) is 0 Å². The molecule has 2 rings (SSSR count). The molecular formula is C12H26N3O+. The van der Waals surface area contributed by atoms with Crippen LogP contribution in [0.2, 0.25) is 0 Å². The fourth-order valence-electron chi connectivity index (χ4n) is 2.60. The molecule has 1 aliphatic carbocycles. The van der Waals surface area contributed by atoms with E-state index >= 15 is 0 Å². The highest BCUT2D eigenvalue weighted by Gasteiger charge is 2.31. The van der Waals surface area contributed by atoms with Gasteiger partial charge in [0.05, 0.1) is 19.2 Å². The Kier molecular flexibility index (Phi) is 4.58. The predicted octanol–water partition coefficient (Wildman–Crippen LogP) is -1.03. The molecule has 0 atom stereocenters. The molecule has 0 radical (unpaired) electrons. The molecule has 0 aromatic carbocycles. The molecule has 1 saturated carbocycles. The van der Waals surface area contributed by atoms with Gasteiger partial charge in [0, 0.05) is 39.3 Å². The summed E-state index contributed by atoms with van der Waals surface area (Å²) in [5.74, 6) is 0. The number of methoxy groups -OCH3 is 1. The molecule has 2 aliphatic rings. The highest BCUT2D eigenvalue weighted by Crippen LogP contribution is 2.26. The number of quaternary nitrogens is 1. The van der Waals surface area contributed by atoms with Crippen molar-refractivity contribution in [1.29, 1.82) is 0 Å². The van der Waals surface area contributed by atoms with Crippen LogP contribution in [0.4, 0.5) is 0 Å². The second kappa shape index (κ2) is 5.96. The maximum Gasteiger partial charge on any atom is 0.0885 e. The average molecular weight is 228 g/mol. The topological polar surface area (TPSA) is 32.3 Å². The summed E-state index contributed by atoms with van der Waals surface area (Å²) in [5.41, 5.74) is 0. The van der Waals surface area contributed by atoms with E-state index in [1.165, 1.54) is 52.1 Å². The van der Waals surface area contributed by atoms with Crippen LogP contribution in [0, 0.1) is 0 Å². The fourth-order valence-corrected chi connectivity index (χ4v) is 2.60. The fraction of sp³-hybridized carbons (Fsp3) is 1.00. The van der Waals surface area contributed by atoms with Gasteiger partial charge in [-0.2, -0.15) is 0 Å². The Morgan fingerprint density at radius 2 is 2.00 bits per heavy atom. The third kappa shape index (κ3) is 3.17. The van der Waals surface area contributed by atoms with Crippen molar-refractivity contribution in [3.05, 3.63) is 0 Å². The summed E-state index contributed by atoms with van der Waals surface area (Å²) in [5, 5.41) is 2.41. The first kappa shape index (κ1) is 12.3. The predicted molar refractivity (Wildman–Crippen MR) is 64.5 cm³/mol. The molecule has 16 heavy (non-hydrogen) atoms. The standard InChI is InChI=1S/C12H25N3O/c1-14(11-9-12(10-11)16-2)7-8-15-5-3-13-4-6-15/h11-13H,3-10H2,1-2H3/p+1. The molecule has 0 bridgehead atoms. The Morgan fingerprint density at radius 1 is 1.31 bits per heavy atom. The molecule has 1 aliphatic heterocycles. The first-order valence-corrected chi connectivity index (χ1v) is 6.56. The van der Waals surface area contributed by atoms with Gasteiger partial charge >= 0.3 is 0 Å². The monoisotopic (exact) mass is 228 g/mol. The highest BCUT2D eigenvalue weighted by atomic mass is 16.5. The minimum atomic E-state index is 0.525. The summed E-state index contributed by atoms with van der Waals surface area (Å²) in [6.07, 6.45) is 2.97. The molecule has 94 valence electrons. The van der Waals surface area contributed by atoms with E-state index in [9.17, 15) is 0 Å². The molecule has 2 fully saturated rings. The van der Waals surface area contributed by atoms with Gasteiger partial charge in [-0.1, -0.05) is 0 Å². The molecule has 0 aromatic heterocycles. The lowest BCUT2D eigenvalue weighted by molar-refractivity contribution is -0.663. The van der Waals surface area contributed by atoms with Gasteiger partial charge in [-0.3, -0.25) is 4.90 Å². The van der Waals surface area contributed by atoms with Crippen LogP contribution in [0.3, 0.4) is 0 Å². The van der Waals surface area contributed by atoms with Crippen molar-refractivity contribution in [2.24, 2.45) is 0 Å².